The van der Waals surface area contributed by atoms with Crippen molar-refractivity contribution < 1.29 is 4.79 Å². The lowest BCUT2D eigenvalue weighted by Gasteiger charge is -2.34. The number of thiophene rings is 2. The third-order valence-electron chi connectivity index (χ3n) is 3.45. The topological polar surface area (TPSA) is 23.6 Å². The first kappa shape index (κ1) is 15.5. The summed E-state index contributed by atoms with van der Waals surface area (Å²) in [5, 5.41) is 0. The Kier molecular flexibility index (Phi) is 5.01. The van der Waals surface area contributed by atoms with E-state index in [1.54, 1.807) is 17.4 Å². The first-order valence-corrected chi connectivity index (χ1v) is 9.43. The molecule has 0 N–H and O–H groups in total. The van der Waals surface area contributed by atoms with Gasteiger partial charge in [-0.1, -0.05) is 11.6 Å². The van der Waals surface area contributed by atoms with Crippen LogP contribution in [0.2, 0.25) is 4.34 Å². The quantitative estimate of drug-likeness (QED) is 0.764. The van der Waals surface area contributed by atoms with Gasteiger partial charge in [-0.15, -0.1) is 22.7 Å². The molecule has 3 rings (SSSR count). The molecule has 2 aromatic heterocycles. The molecule has 3 heterocycles. The molecule has 0 unspecified atom stereocenters. The molecule has 1 aliphatic rings. The van der Waals surface area contributed by atoms with Crippen LogP contribution in [-0.4, -0.2) is 41.9 Å². The lowest BCUT2D eigenvalue weighted by atomic mass is 10.3. The summed E-state index contributed by atoms with van der Waals surface area (Å²) in [4.78, 5) is 18.7. The third kappa shape index (κ3) is 3.87. The van der Waals surface area contributed by atoms with Gasteiger partial charge in [-0.25, -0.2) is 0 Å². The lowest BCUT2D eigenvalue weighted by molar-refractivity contribution is 0.0634. The van der Waals surface area contributed by atoms with Crippen molar-refractivity contribution >= 4 is 56.1 Å². The summed E-state index contributed by atoms with van der Waals surface area (Å²) in [6, 6.07) is 7.83. The number of nitrogens with zero attached hydrogens (tertiary/aromatic N) is 2. The zero-order valence-corrected chi connectivity index (χ0v) is 15.2. The monoisotopic (exact) mass is 404 g/mol. The molecule has 0 spiro atoms. The number of hydrogen-bond donors (Lipinski definition) is 0. The molecule has 112 valence electrons. The van der Waals surface area contributed by atoms with E-state index in [2.05, 4.69) is 33.0 Å². The second-order valence-corrected chi connectivity index (χ2v) is 9.14. The summed E-state index contributed by atoms with van der Waals surface area (Å²) >= 11 is 12.5. The maximum Gasteiger partial charge on any atom is 0.264 e. The average molecular weight is 406 g/mol. The molecule has 7 heteroatoms. The Morgan fingerprint density at radius 2 is 1.90 bits per heavy atom. The molecule has 1 amide bonds. The van der Waals surface area contributed by atoms with Gasteiger partial charge in [0.05, 0.1) is 13.0 Å². The van der Waals surface area contributed by atoms with Crippen LogP contribution in [0.1, 0.15) is 14.5 Å². The molecule has 3 nitrogen and oxygen atoms in total. The van der Waals surface area contributed by atoms with Gasteiger partial charge in [0.25, 0.3) is 5.91 Å². The molecule has 1 saturated heterocycles. The highest BCUT2D eigenvalue weighted by Gasteiger charge is 2.23. The number of hydrogen-bond acceptors (Lipinski definition) is 4. The van der Waals surface area contributed by atoms with Crippen LogP contribution < -0.4 is 0 Å². The van der Waals surface area contributed by atoms with E-state index in [9.17, 15) is 4.79 Å². The highest BCUT2D eigenvalue weighted by Crippen LogP contribution is 2.25. The highest BCUT2D eigenvalue weighted by molar-refractivity contribution is 9.11. The van der Waals surface area contributed by atoms with Gasteiger partial charge < -0.3 is 4.90 Å². The number of amides is 1. The summed E-state index contributed by atoms with van der Waals surface area (Å²) in [5.74, 6) is 0.102. The summed E-state index contributed by atoms with van der Waals surface area (Å²) in [5.41, 5.74) is 0. The zero-order chi connectivity index (χ0) is 14.8. The van der Waals surface area contributed by atoms with Gasteiger partial charge in [0.15, 0.2) is 0 Å². The van der Waals surface area contributed by atoms with Crippen molar-refractivity contribution in [1.29, 1.82) is 0 Å². The highest BCUT2D eigenvalue weighted by atomic mass is 79.9. The summed E-state index contributed by atoms with van der Waals surface area (Å²) < 4.78 is 1.83. The smallest absolute Gasteiger partial charge is 0.264 e. The van der Waals surface area contributed by atoms with Crippen molar-refractivity contribution in [2.75, 3.05) is 26.2 Å². The predicted octanol–water partition coefficient (Wildman–Crippen LogP) is 4.18. The fourth-order valence-corrected chi connectivity index (χ4v) is 4.89. The Morgan fingerprint density at radius 3 is 2.48 bits per heavy atom. The average Bonchev–Trinajstić information content (AvgIpc) is 3.08. The Morgan fingerprint density at radius 1 is 1.14 bits per heavy atom. The molecule has 1 aliphatic heterocycles. The van der Waals surface area contributed by atoms with Crippen LogP contribution >= 0.6 is 50.2 Å². The summed E-state index contributed by atoms with van der Waals surface area (Å²) in [6.45, 7) is 4.35. The minimum Gasteiger partial charge on any atom is -0.335 e. The molecular weight excluding hydrogens is 392 g/mol. The van der Waals surface area contributed by atoms with Crippen LogP contribution in [0.4, 0.5) is 0 Å². The SMILES string of the molecule is O=C(c1ccc(Cl)s1)N1CCN(Cc2ccc(Br)s2)CC1. The van der Waals surface area contributed by atoms with Crippen LogP contribution in [-0.2, 0) is 6.54 Å². The first-order valence-electron chi connectivity index (χ1n) is 6.63. The molecule has 0 saturated carbocycles. The van der Waals surface area contributed by atoms with E-state index in [1.165, 1.54) is 20.0 Å². The van der Waals surface area contributed by atoms with Crippen LogP contribution in [0.3, 0.4) is 0 Å². The lowest BCUT2D eigenvalue weighted by Crippen LogP contribution is -2.48. The van der Waals surface area contributed by atoms with Crippen molar-refractivity contribution in [3.63, 3.8) is 0 Å². The Labute approximate surface area is 145 Å². The molecule has 0 aliphatic carbocycles. The van der Waals surface area contributed by atoms with Crippen molar-refractivity contribution in [2.24, 2.45) is 0 Å². The molecule has 0 radical (unpaired) electrons. The second-order valence-electron chi connectivity index (χ2n) is 4.88. The van der Waals surface area contributed by atoms with Crippen molar-refractivity contribution in [3.05, 3.63) is 42.1 Å². The minimum atomic E-state index is 0.102. The fraction of sp³-hybridized carbons (Fsp3) is 0.357. The Balaban J connectivity index is 1.54. The molecule has 0 aromatic carbocycles. The van der Waals surface area contributed by atoms with E-state index in [-0.39, 0.29) is 5.91 Å². The van der Waals surface area contributed by atoms with E-state index in [1.807, 2.05) is 11.0 Å². The standard InChI is InChI=1S/C14H14BrClN2OS2/c15-12-3-1-10(20-12)9-17-5-7-18(8-6-17)14(19)11-2-4-13(16)21-11/h1-4H,5-9H2. The maximum absolute atomic E-state index is 12.3. The molecule has 1 fully saturated rings. The molecule has 0 atom stereocenters. The number of carbonyl (C=O) groups is 1. The van der Waals surface area contributed by atoms with E-state index in [0.717, 1.165) is 37.6 Å². The molecular formula is C14H14BrClN2OS2. The Hall–Kier alpha value is -0.400. The number of halogens is 2. The predicted molar refractivity (Wildman–Crippen MR) is 92.5 cm³/mol. The third-order valence-corrected chi connectivity index (χ3v) is 6.28. The number of piperazine rings is 1. The van der Waals surface area contributed by atoms with Gasteiger partial charge in [-0.05, 0) is 40.2 Å². The Bertz CT molecular complexity index is 634. The van der Waals surface area contributed by atoms with Gasteiger partial charge in [-0.2, -0.15) is 0 Å². The van der Waals surface area contributed by atoms with Crippen molar-refractivity contribution in [1.82, 2.24) is 9.80 Å². The molecule has 2 aromatic rings. The summed E-state index contributed by atoms with van der Waals surface area (Å²) in [6.07, 6.45) is 0. The largest absolute Gasteiger partial charge is 0.335 e. The molecule has 21 heavy (non-hydrogen) atoms. The van der Waals surface area contributed by atoms with E-state index >= 15 is 0 Å². The zero-order valence-electron chi connectivity index (χ0n) is 11.2. The minimum absolute atomic E-state index is 0.102. The van der Waals surface area contributed by atoms with Gasteiger partial charge in [0.2, 0.25) is 0 Å². The van der Waals surface area contributed by atoms with Gasteiger partial charge in [0, 0.05) is 37.6 Å². The van der Waals surface area contributed by atoms with Crippen molar-refractivity contribution in [2.45, 2.75) is 6.54 Å². The van der Waals surface area contributed by atoms with Gasteiger partial charge >= 0.3 is 0 Å². The van der Waals surface area contributed by atoms with Gasteiger partial charge in [0.1, 0.15) is 0 Å². The normalized spacial score (nSPS) is 16.4. The van der Waals surface area contributed by atoms with Crippen molar-refractivity contribution in [3.8, 4) is 0 Å². The maximum atomic E-state index is 12.3. The van der Waals surface area contributed by atoms with Crippen LogP contribution in [0.25, 0.3) is 0 Å². The van der Waals surface area contributed by atoms with E-state index in [4.69, 9.17) is 11.6 Å². The number of rotatable bonds is 3. The van der Waals surface area contributed by atoms with Crippen LogP contribution in [0.5, 0.6) is 0 Å². The van der Waals surface area contributed by atoms with Crippen LogP contribution in [0, 0.1) is 0 Å². The van der Waals surface area contributed by atoms with Gasteiger partial charge in [-0.3, -0.25) is 9.69 Å². The summed E-state index contributed by atoms with van der Waals surface area (Å²) in [7, 11) is 0. The van der Waals surface area contributed by atoms with Crippen LogP contribution in [0.15, 0.2) is 28.1 Å². The van der Waals surface area contributed by atoms with E-state index in [0.29, 0.717) is 4.34 Å². The first-order chi connectivity index (χ1) is 10.1. The molecule has 0 bridgehead atoms. The second kappa shape index (κ2) is 6.79. The number of carbonyl (C=O) groups excluding carboxylic acids is 1. The fourth-order valence-electron chi connectivity index (χ4n) is 2.35. The van der Waals surface area contributed by atoms with E-state index < -0.39 is 0 Å².